The van der Waals surface area contributed by atoms with E-state index in [0.29, 0.717) is 11.5 Å². The fraction of sp³-hybridized carbons (Fsp3) is 1.00. The third-order valence-electron chi connectivity index (χ3n) is 4.02. The van der Waals surface area contributed by atoms with Gasteiger partial charge in [-0.05, 0) is 25.2 Å². The standard InChI is InChI=1S/C15H32N2O/c1-5-15(6-2)13-17(10-8-16-15)9-7-11-18-12-14(3)4/h14,16H,5-13H2,1-4H3. The van der Waals surface area contributed by atoms with E-state index in [1.165, 1.54) is 32.5 Å². The van der Waals surface area contributed by atoms with Crippen molar-refractivity contribution in [2.75, 3.05) is 39.4 Å². The molecular weight excluding hydrogens is 224 g/mol. The Morgan fingerprint density at radius 1 is 1.28 bits per heavy atom. The molecule has 0 saturated carbocycles. The van der Waals surface area contributed by atoms with Gasteiger partial charge in [0, 0.05) is 44.9 Å². The van der Waals surface area contributed by atoms with Crippen molar-refractivity contribution < 1.29 is 4.74 Å². The number of ether oxygens (including phenoxy) is 1. The molecule has 0 unspecified atom stereocenters. The lowest BCUT2D eigenvalue weighted by atomic mass is 9.90. The zero-order valence-corrected chi connectivity index (χ0v) is 12.8. The molecule has 0 amide bonds. The highest BCUT2D eigenvalue weighted by atomic mass is 16.5. The molecule has 1 heterocycles. The van der Waals surface area contributed by atoms with Crippen molar-refractivity contribution in [1.29, 1.82) is 0 Å². The third kappa shape index (κ3) is 5.25. The van der Waals surface area contributed by atoms with Crippen LogP contribution in [0.3, 0.4) is 0 Å². The topological polar surface area (TPSA) is 24.5 Å². The van der Waals surface area contributed by atoms with Crippen molar-refractivity contribution in [3.8, 4) is 0 Å². The Hall–Kier alpha value is -0.120. The quantitative estimate of drug-likeness (QED) is 0.675. The molecule has 0 bridgehead atoms. The first kappa shape index (κ1) is 15.9. The third-order valence-corrected chi connectivity index (χ3v) is 4.02. The summed E-state index contributed by atoms with van der Waals surface area (Å²) in [5.41, 5.74) is 0.358. The summed E-state index contributed by atoms with van der Waals surface area (Å²) >= 11 is 0. The van der Waals surface area contributed by atoms with E-state index in [-0.39, 0.29) is 0 Å². The average molecular weight is 256 g/mol. The van der Waals surface area contributed by atoms with E-state index in [2.05, 4.69) is 37.9 Å². The summed E-state index contributed by atoms with van der Waals surface area (Å²) in [4.78, 5) is 2.60. The summed E-state index contributed by atoms with van der Waals surface area (Å²) in [6, 6.07) is 0. The van der Waals surface area contributed by atoms with Crippen molar-refractivity contribution in [1.82, 2.24) is 10.2 Å². The van der Waals surface area contributed by atoms with E-state index in [1.54, 1.807) is 0 Å². The van der Waals surface area contributed by atoms with Crippen molar-refractivity contribution in [3.05, 3.63) is 0 Å². The van der Waals surface area contributed by atoms with Crippen LogP contribution >= 0.6 is 0 Å². The Bertz CT molecular complexity index is 215. The molecule has 1 aliphatic rings. The number of hydrogen-bond donors (Lipinski definition) is 1. The van der Waals surface area contributed by atoms with E-state index >= 15 is 0 Å². The van der Waals surface area contributed by atoms with Crippen LogP contribution in [-0.4, -0.2) is 49.8 Å². The molecule has 0 radical (unpaired) electrons. The summed E-state index contributed by atoms with van der Waals surface area (Å²) in [5, 5.41) is 3.71. The zero-order valence-electron chi connectivity index (χ0n) is 12.8. The fourth-order valence-corrected chi connectivity index (χ4v) is 2.67. The molecule has 108 valence electrons. The first-order valence-electron chi connectivity index (χ1n) is 7.67. The van der Waals surface area contributed by atoms with Gasteiger partial charge in [-0.15, -0.1) is 0 Å². The predicted molar refractivity (Wildman–Crippen MR) is 78.0 cm³/mol. The first-order chi connectivity index (χ1) is 8.62. The summed E-state index contributed by atoms with van der Waals surface area (Å²) in [6.07, 6.45) is 3.62. The van der Waals surface area contributed by atoms with Gasteiger partial charge >= 0.3 is 0 Å². The molecule has 1 aliphatic heterocycles. The number of rotatable bonds is 8. The normalized spacial score (nSPS) is 20.5. The average Bonchev–Trinajstić information content (AvgIpc) is 2.38. The van der Waals surface area contributed by atoms with Gasteiger partial charge in [-0.2, -0.15) is 0 Å². The Balaban J connectivity index is 2.18. The molecule has 1 saturated heterocycles. The lowest BCUT2D eigenvalue weighted by Crippen LogP contribution is -2.59. The minimum absolute atomic E-state index is 0.358. The van der Waals surface area contributed by atoms with Gasteiger partial charge in [0.25, 0.3) is 0 Å². The van der Waals surface area contributed by atoms with Crippen LogP contribution in [0.4, 0.5) is 0 Å². The monoisotopic (exact) mass is 256 g/mol. The van der Waals surface area contributed by atoms with Gasteiger partial charge in [-0.25, -0.2) is 0 Å². The van der Waals surface area contributed by atoms with Gasteiger partial charge < -0.3 is 15.0 Å². The lowest BCUT2D eigenvalue weighted by molar-refractivity contribution is 0.0825. The van der Waals surface area contributed by atoms with E-state index in [9.17, 15) is 0 Å². The van der Waals surface area contributed by atoms with Crippen LogP contribution in [0.2, 0.25) is 0 Å². The highest BCUT2D eigenvalue weighted by Crippen LogP contribution is 2.19. The Morgan fingerprint density at radius 3 is 2.61 bits per heavy atom. The van der Waals surface area contributed by atoms with Gasteiger partial charge in [0.2, 0.25) is 0 Å². The number of nitrogens with zero attached hydrogens (tertiary/aromatic N) is 1. The van der Waals surface area contributed by atoms with E-state index in [1.807, 2.05) is 0 Å². The Kier molecular flexibility index (Phi) is 7.20. The van der Waals surface area contributed by atoms with E-state index in [0.717, 1.165) is 26.2 Å². The smallest absolute Gasteiger partial charge is 0.0489 e. The van der Waals surface area contributed by atoms with Gasteiger partial charge in [0.15, 0.2) is 0 Å². The van der Waals surface area contributed by atoms with Crippen LogP contribution in [-0.2, 0) is 4.74 Å². The molecule has 1 fully saturated rings. The minimum Gasteiger partial charge on any atom is -0.381 e. The van der Waals surface area contributed by atoms with Crippen LogP contribution < -0.4 is 5.32 Å². The zero-order chi connectivity index (χ0) is 13.4. The highest BCUT2D eigenvalue weighted by Gasteiger charge is 2.31. The molecule has 0 atom stereocenters. The Morgan fingerprint density at radius 2 is 2.00 bits per heavy atom. The van der Waals surface area contributed by atoms with Gasteiger partial charge in [0.1, 0.15) is 0 Å². The highest BCUT2D eigenvalue weighted by molar-refractivity contribution is 4.92. The lowest BCUT2D eigenvalue weighted by Gasteiger charge is -2.43. The summed E-state index contributed by atoms with van der Waals surface area (Å²) < 4.78 is 5.65. The van der Waals surface area contributed by atoms with E-state index < -0.39 is 0 Å². The molecule has 0 aliphatic carbocycles. The van der Waals surface area contributed by atoms with Crippen LogP contribution in [0.1, 0.15) is 47.0 Å². The maximum Gasteiger partial charge on any atom is 0.0489 e. The summed E-state index contributed by atoms with van der Waals surface area (Å²) in [7, 11) is 0. The van der Waals surface area contributed by atoms with Crippen molar-refractivity contribution in [2.45, 2.75) is 52.5 Å². The molecule has 0 aromatic carbocycles. The minimum atomic E-state index is 0.358. The van der Waals surface area contributed by atoms with Gasteiger partial charge in [-0.3, -0.25) is 0 Å². The van der Waals surface area contributed by atoms with Crippen molar-refractivity contribution in [2.24, 2.45) is 5.92 Å². The van der Waals surface area contributed by atoms with Crippen molar-refractivity contribution in [3.63, 3.8) is 0 Å². The molecule has 0 aromatic heterocycles. The Labute approximate surface area is 113 Å². The number of nitrogens with one attached hydrogen (secondary N) is 1. The van der Waals surface area contributed by atoms with Crippen LogP contribution in [0.5, 0.6) is 0 Å². The van der Waals surface area contributed by atoms with Crippen LogP contribution in [0, 0.1) is 5.92 Å². The molecular formula is C15H32N2O. The maximum atomic E-state index is 5.65. The van der Waals surface area contributed by atoms with Crippen LogP contribution in [0.15, 0.2) is 0 Å². The van der Waals surface area contributed by atoms with Gasteiger partial charge in [0.05, 0.1) is 0 Å². The van der Waals surface area contributed by atoms with Crippen molar-refractivity contribution >= 4 is 0 Å². The molecule has 1 N–H and O–H groups in total. The second-order valence-electron chi connectivity index (χ2n) is 6.01. The number of piperazine rings is 1. The molecule has 0 spiro atoms. The molecule has 3 nitrogen and oxygen atoms in total. The van der Waals surface area contributed by atoms with E-state index in [4.69, 9.17) is 4.74 Å². The second-order valence-corrected chi connectivity index (χ2v) is 6.01. The maximum absolute atomic E-state index is 5.65. The van der Waals surface area contributed by atoms with Crippen LogP contribution in [0.25, 0.3) is 0 Å². The summed E-state index contributed by atoms with van der Waals surface area (Å²) in [5.74, 6) is 0.650. The predicted octanol–water partition coefficient (Wildman–Crippen LogP) is 2.51. The SMILES string of the molecule is CCC1(CC)CN(CCCOCC(C)C)CCN1. The molecule has 3 heteroatoms. The molecule has 1 rings (SSSR count). The molecule has 0 aromatic rings. The fourth-order valence-electron chi connectivity index (χ4n) is 2.67. The van der Waals surface area contributed by atoms with Gasteiger partial charge in [-0.1, -0.05) is 27.7 Å². The summed E-state index contributed by atoms with van der Waals surface area (Å²) in [6.45, 7) is 15.5. The molecule has 18 heavy (non-hydrogen) atoms. The second kappa shape index (κ2) is 8.13. The first-order valence-corrected chi connectivity index (χ1v) is 7.67. The largest absolute Gasteiger partial charge is 0.381 e. The number of hydrogen-bond acceptors (Lipinski definition) is 3.